The summed E-state index contributed by atoms with van der Waals surface area (Å²) in [6.07, 6.45) is 2.88. The van der Waals surface area contributed by atoms with E-state index < -0.39 is 5.97 Å². The van der Waals surface area contributed by atoms with E-state index >= 15 is 0 Å². The van der Waals surface area contributed by atoms with Gasteiger partial charge in [-0.3, -0.25) is 4.79 Å². The van der Waals surface area contributed by atoms with Gasteiger partial charge in [-0.1, -0.05) is 0 Å². The minimum atomic E-state index is -0.598. The number of carbonyl (C=O) groups excluding carboxylic acids is 1. The van der Waals surface area contributed by atoms with E-state index in [1.54, 1.807) is 6.07 Å². The number of aromatic amines is 1. The fourth-order valence-corrected chi connectivity index (χ4v) is 1.15. The molecule has 0 fully saturated rings. The Labute approximate surface area is 78.1 Å². The van der Waals surface area contributed by atoms with E-state index in [9.17, 15) is 9.59 Å². The van der Waals surface area contributed by atoms with Crippen molar-refractivity contribution >= 4 is 11.5 Å². The lowest BCUT2D eigenvalue weighted by Gasteiger charge is -1.99. The van der Waals surface area contributed by atoms with Gasteiger partial charge in [0.05, 0.1) is 19.5 Å². The number of fused-ring (bicyclic) bond motifs is 1. The largest absolute Gasteiger partial charge is 0.464 e. The Morgan fingerprint density at radius 1 is 1.64 bits per heavy atom. The molecule has 72 valence electrons. The van der Waals surface area contributed by atoms with Crippen LogP contribution in [0.4, 0.5) is 0 Å². The van der Waals surface area contributed by atoms with Gasteiger partial charge in [0.15, 0.2) is 0 Å². The summed E-state index contributed by atoms with van der Waals surface area (Å²) in [5.74, 6) is -0.598. The first-order chi connectivity index (χ1) is 6.72. The highest BCUT2D eigenvalue weighted by atomic mass is 16.5. The van der Waals surface area contributed by atoms with Crippen LogP contribution in [0.15, 0.2) is 23.3 Å². The first-order valence-electron chi connectivity index (χ1n) is 3.87. The molecular formula is C8H7N3O3. The molecular weight excluding hydrogens is 186 g/mol. The molecule has 0 saturated carbocycles. The van der Waals surface area contributed by atoms with Crippen molar-refractivity contribution in [1.29, 1.82) is 0 Å². The normalized spacial score (nSPS) is 10.4. The van der Waals surface area contributed by atoms with Crippen molar-refractivity contribution in [2.75, 3.05) is 7.11 Å². The van der Waals surface area contributed by atoms with Gasteiger partial charge >= 0.3 is 5.97 Å². The average Bonchev–Trinajstić information content (AvgIpc) is 2.64. The van der Waals surface area contributed by atoms with Crippen LogP contribution < -0.4 is 5.56 Å². The Bertz CT molecular complexity index is 540. The van der Waals surface area contributed by atoms with Crippen molar-refractivity contribution in [3.8, 4) is 0 Å². The predicted octanol–water partition coefficient (Wildman–Crippen LogP) is -0.191. The molecule has 0 aliphatic heterocycles. The second-order valence-corrected chi connectivity index (χ2v) is 2.65. The summed E-state index contributed by atoms with van der Waals surface area (Å²) in [4.78, 5) is 24.9. The Morgan fingerprint density at radius 3 is 3.14 bits per heavy atom. The molecule has 0 saturated heterocycles. The van der Waals surface area contributed by atoms with Crippen LogP contribution >= 0.6 is 0 Å². The van der Waals surface area contributed by atoms with Crippen LogP contribution in [0, 0.1) is 0 Å². The number of H-pyrrole nitrogens is 1. The molecule has 6 nitrogen and oxygen atoms in total. The van der Waals surface area contributed by atoms with E-state index in [0.717, 1.165) is 0 Å². The van der Waals surface area contributed by atoms with Crippen LogP contribution in [0.25, 0.3) is 5.52 Å². The van der Waals surface area contributed by atoms with Gasteiger partial charge in [0, 0.05) is 0 Å². The number of methoxy groups -OCH3 is 1. The third-order valence-electron chi connectivity index (χ3n) is 1.81. The maximum atomic E-state index is 11.4. The first kappa shape index (κ1) is 8.49. The molecule has 0 amide bonds. The zero-order chi connectivity index (χ0) is 10.1. The van der Waals surface area contributed by atoms with Gasteiger partial charge in [-0.2, -0.15) is 5.10 Å². The van der Waals surface area contributed by atoms with Gasteiger partial charge in [-0.15, -0.1) is 0 Å². The number of rotatable bonds is 1. The highest BCUT2D eigenvalue weighted by Crippen LogP contribution is 1.97. The number of ether oxygens (including phenoxy) is 1. The Kier molecular flexibility index (Phi) is 1.81. The SMILES string of the molecule is COC(=O)c1cn2nccc2c(=O)[nH]1. The topological polar surface area (TPSA) is 76.5 Å². The van der Waals surface area contributed by atoms with Crippen molar-refractivity contribution in [3.63, 3.8) is 0 Å². The molecule has 0 atom stereocenters. The number of esters is 1. The fourth-order valence-electron chi connectivity index (χ4n) is 1.15. The number of aromatic nitrogens is 3. The summed E-state index contributed by atoms with van der Waals surface area (Å²) < 4.78 is 5.79. The van der Waals surface area contributed by atoms with Crippen LogP contribution in [0.3, 0.4) is 0 Å². The molecule has 2 aromatic heterocycles. The highest BCUT2D eigenvalue weighted by molar-refractivity contribution is 5.86. The summed E-state index contributed by atoms with van der Waals surface area (Å²) in [5, 5.41) is 3.85. The fraction of sp³-hybridized carbons (Fsp3) is 0.125. The zero-order valence-electron chi connectivity index (χ0n) is 7.35. The maximum Gasteiger partial charge on any atom is 0.356 e. The molecule has 2 heterocycles. The van der Waals surface area contributed by atoms with Crippen molar-refractivity contribution in [2.45, 2.75) is 0 Å². The van der Waals surface area contributed by atoms with Crippen LogP contribution in [-0.2, 0) is 4.74 Å². The number of hydrogen-bond donors (Lipinski definition) is 1. The lowest BCUT2D eigenvalue weighted by molar-refractivity contribution is 0.0593. The van der Waals surface area contributed by atoms with Crippen molar-refractivity contribution in [3.05, 3.63) is 34.5 Å². The van der Waals surface area contributed by atoms with Crippen molar-refractivity contribution in [1.82, 2.24) is 14.6 Å². The quantitative estimate of drug-likeness (QED) is 0.637. The Hall–Kier alpha value is -2.11. The number of nitrogens with one attached hydrogen (secondary N) is 1. The molecule has 0 radical (unpaired) electrons. The van der Waals surface area contributed by atoms with E-state index in [-0.39, 0.29) is 11.3 Å². The number of hydrogen-bond acceptors (Lipinski definition) is 4. The average molecular weight is 193 g/mol. The molecule has 0 aliphatic rings. The summed E-state index contributed by atoms with van der Waals surface area (Å²) in [5.41, 5.74) is 0.0942. The zero-order valence-corrected chi connectivity index (χ0v) is 7.35. The summed E-state index contributed by atoms with van der Waals surface area (Å²) in [7, 11) is 1.24. The summed E-state index contributed by atoms with van der Waals surface area (Å²) in [6.45, 7) is 0. The smallest absolute Gasteiger partial charge is 0.356 e. The standard InChI is InChI=1S/C8H7N3O3/c1-14-8(13)5-4-11-6(2-3-9-11)7(12)10-5/h2-4H,1H3,(H,10,12). The van der Waals surface area contributed by atoms with Gasteiger partial charge in [0.2, 0.25) is 0 Å². The van der Waals surface area contributed by atoms with E-state index in [4.69, 9.17) is 0 Å². The minimum Gasteiger partial charge on any atom is -0.464 e. The monoisotopic (exact) mass is 193 g/mol. The van der Waals surface area contributed by atoms with Crippen LogP contribution in [0.1, 0.15) is 10.5 Å². The van der Waals surface area contributed by atoms with E-state index in [1.807, 2.05) is 0 Å². The van der Waals surface area contributed by atoms with Crippen molar-refractivity contribution in [2.24, 2.45) is 0 Å². The van der Waals surface area contributed by atoms with Gasteiger partial charge in [0.25, 0.3) is 5.56 Å². The molecule has 0 unspecified atom stereocenters. The molecule has 0 aromatic carbocycles. The summed E-state index contributed by atoms with van der Waals surface area (Å²) in [6, 6.07) is 1.56. The highest BCUT2D eigenvalue weighted by Gasteiger charge is 2.09. The second-order valence-electron chi connectivity index (χ2n) is 2.65. The Balaban J connectivity index is 2.70. The predicted molar refractivity (Wildman–Crippen MR) is 47.2 cm³/mol. The van der Waals surface area contributed by atoms with Crippen molar-refractivity contribution < 1.29 is 9.53 Å². The van der Waals surface area contributed by atoms with Gasteiger partial charge in [-0.05, 0) is 6.07 Å². The second kappa shape index (κ2) is 2.99. The molecule has 0 bridgehead atoms. The van der Waals surface area contributed by atoms with Crippen LogP contribution in [0.2, 0.25) is 0 Å². The number of carbonyl (C=O) groups is 1. The van der Waals surface area contributed by atoms with Gasteiger partial charge < -0.3 is 9.72 Å². The van der Waals surface area contributed by atoms with E-state index in [2.05, 4.69) is 14.8 Å². The third kappa shape index (κ3) is 1.17. The van der Waals surface area contributed by atoms with Gasteiger partial charge in [0.1, 0.15) is 11.2 Å². The molecule has 0 aliphatic carbocycles. The van der Waals surface area contributed by atoms with Gasteiger partial charge in [-0.25, -0.2) is 9.31 Å². The summed E-state index contributed by atoms with van der Waals surface area (Å²) >= 11 is 0. The molecule has 2 rings (SSSR count). The lowest BCUT2D eigenvalue weighted by atomic mass is 10.4. The lowest BCUT2D eigenvalue weighted by Crippen LogP contribution is -2.16. The van der Waals surface area contributed by atoms with Crippen LogP contribution in [0.5, 0.6) is 0 Å². The Morgan fingerprint density at radius 2 is 2.43 bits per heavy atom. The maximum absolute atomic E-state index is 11.4. The molecule has 0 spiro atoms. The molecule has 1 N–H and O–H groups in total. The third-order valence-corrected chi connectivity index (χ3v) is 1.81. The van der Waals surface area contributed by atoms with Crippen LogP contribution in [-0.4, -0.2) is 27.7 Å². The number of nitrogens with zero attached hydrogens (tertiary/aromatic N) is 2. The molecule has 14 heavy (non-hydrogen) atoms. The first-order valence-corrected chi connectivity index (χ1v) is 3.87. The minimum absolute atomic E-state index is 0.0775. The molecule has 2 aromatic rings. The molecule has 6 heteroatoms. The van der Waals surface area contributed by atoms with E-state index in [0.29, 0.717) is 5.52 Å². The van der Waals surface area contributed by atoms with E-state index in [1.165, 1.54) is 24.0 Å².